The zero-order chi connectivity index (χ0) is 37.2. The van der Waals surface area contributed by atoms with Crippen LogP contribution < -0.4 is 4.90 Å². The summed E-state index contributed by atoms with van der Waals surface area (Å²) >= 11 is 0. The van der Waals surface area contributed by atoms with Gasteiger partial charge < -0.3 is 9.32 Å². The van der Waals surface area contributed by atoms with Gasteiger partial charge >= 0.3 is 0 Å². The maximum absolute atomic E-state index is 6.86. The zero-order valence-electron chi connectivity index (χ0n) is 31.0. The molecule has 0 atom stereocenters. The lowest BCUT2D eigenvalue weighted by Gasteiger charge is -2.28. The summed E-state index contributed by atoms with van der Waals surface area (Å²) in [6, 6.07) is 74.4. The predicted octanol–water partition coefficient (Wildman–Crippen LogP) is 14.9. The minimum atomic E-state index is -0.326. The Labute approximate surface area is 326 Å². The molecule has 0 bridgehead atoms. The van der Waals surface area contributed by atoms with Crippen molar-refractivity contribution in [3.63, 3.8) is 0 Å². The van der Waals surface area contributed by atoms with Gasteiger partial charge in [0.2, 0.25) is 0 Å². The van der Waals surface area contributed by atoms with Gasteiger partial charge in [0, 0.05) is 38.5 Å². The highest BCUT2D eigenvalue weighted by atomic mass is 16.3. The number of hydrogen-bond donors (Lipinski definition) is 0. The van der Waals surface area contributed by atoms with Crippen molar-refractivity contribution >= 4 is 49.8 Å². The minimum absolute atomic E-state index is 0.326. The van der Waals surface area contributed by atoms with Crippen LogP contribution in [0.15, 0.2) is 211 Å². The lowest BCUT2D eigenvalue weighted by Crippen LogP contribution is -2.22. The molecule has 0 saturated carbocycles. The van der Waals surface area contributed by atoms with E-state index in [0.29, 0.717) is 0 Å². The van der Waals surface area contributed by atoms with Crippen LogP contribution in [-0.4, -0.2) is 0 Å². The average molecular weight is 716 g/mol. The van der Waals surface area contributed by atoms with Crippen molar-refractivity contribution in [3.05, 3.63) is 223 Å². The highest BCUT2D eigenvalue weighted by molar-refractivity contribution is 6.08. The van der Waals surface area contributed by atoms with Crippen molar-refractivity contribution in [1.29, 1.82) is 0 Å². The molecule has 0 unspecified atom stereocenters. The molecule has 0 fully saturated rings. The molecule has 0 aliphatic heterocycles. The second-order valence-corrected chi connectivity index (χ2v) is 15.0. The van der Waals surface area contributed by atoms with Crippen LogP contribution >= 0.6 is 0 Å². The standard InChI is InChI=1S/C54H37NO/c1-54(48-21-9-7-18-44(48)45-19-8-10-22-49(45)54)50-23-12-20-47-46-34-31-40(35-52(46)56-53(47)50)38-27-25-36(26-28-38)37-29-32-42(33-30-37)55(41-15-3-2-4-16-41)51-24-11-14-39-13-5-6-17-43(39)51/h2-35H,1H3. The lowest BCUT2D eigenvalue weighted by molar-refractivity contribution is 0.638. The number of benzene rings is 9. The molecule has 9 aromatic carbocycles. The van der Waals surface area contributed by atoms with E-state index in [4.69, 9.17) is 4.42 Å². The molecule has 0 radical (unpaired) electrons. The number of anilines is 3. The van der Waals surface area contributed by atoms with Crippen molar-refractivity contribution in [1.82, 2.24) is 0 Å². The number of hydrogen-bond acceptors (Lipinski definition) is 2. The molecule has 0 spiro atoms. The Hall–Kier alpha value is -7.16. The summed E-state index contributed by atoms with van der Waals surface area (Å²) in [5.41, 5.74) is 16.0. The fourth-order valence-corrected chi connectivity index (χ4v) is 9.18. The molecule has 264 valence electrons. The van der Waals surface area contributed by atoms with Crippen LogP contribution in [0.1, 0.15) is 23.6 Å². The summed E-state index contributed by atoms with van der Waals surface area (Å²) in [7, 11) is 0. The average Bonchev–Trinajstić information content (AvgIpc) is 3.77. The summed E-state index contributed by atoms with van der Waals surface area (Å²) in [6.45, 7) is 2.35. The van der Waals surface area contributed by atoms with E-state index in [-0.39, 0.29) is 5.41 Å². The van der Waals surface area contributed by atoms with Crippen LogP contribution in [0, 0.1) is 0 Å². The van der Waals surface area contributed by atoms with Gasteiger partial charge in [-0.2, -0.15) is 0 Å². The number of furan rings is 1. The van der Waals surface area contributed by atoms with Crippen molar-refractivity contribution < 1.29 is 4.42 Å². The van der Waals surface area contributed by atoms with Crippen LogP contribution in [0.25, 0.3) is 66.1 Å². The summed E-state index contributed by atoms with van der Waals surface area (Å²) in [4.78, 5) is 2.35. The van der Waals surface area contributed by atoms with E-state index >= 15 is 0 Å². The van der Waals surface area contributed by atoms with E-state index in [9.17, 15) is 0 Å². The predicted molar refractivity (Wildman–Crippen MR) is 234 cm³/mol. The van der Waals surface area contributed by atoms with E-state index in [0.717, 1.165) is 50.1 Å². The van der Waals surface area contributed by atoms with Gasteiger partial charge in [-0.05, 0) is 99.3 Å². The number of nitrogens with zero attached hydrogens (tertiary/aromatic N) is 1. The van der Waals surface area contributed by atoms with Crippen molar-refractivity contribution in [2.75, 3.05) is 4.90 Å². The van der Waals surface area contributed by atoms with Gasteiger partial charge in [0.05, 0.1) is 5.69 Å². The fraction of sp³-hybridized carbons (Fsp3) is 0.0370. The zero-order valence-corrected chi connectivity index (χ0v) is 31.0. The molecule has 11 rings (SSSR count). The Morgan fingerprint density at radius 2 is 0.911 bits per heavy atom. The largest absolute Gasteiger partial charge is 0.456 e. The molecule has 1 aromatic heterocycles. The number of fused-ring (bicyclic) bond motifs is 7. The summed E-state index contributed by atoms with van der Waals surface area (Å²) in [5.74, 6) is 0. The summed E-state index contributed by atoms with van der Waals surface area (Å²) in [6.07, 6.45) is 0. The van der Waals surface area contributed by atoms with Gasteiger partial charge in [-0.25, -0.2) is 0 Å². The maximum Gasteiger partial charge on any atom is 0.139 e. The normalized spacial score (nSPS) is 12.9. The first kappa shape index (κ1) is 32.3. The van der Waals surface area contributed by atoms with Crippen LogP contribution in [0.3, 0.4) is 0 Å². The molecule has 2 nitrogen and oxygen atoms in total. The topological polar surface area (TPSA) is 16.4 Å². The first-order valence-corrected chi connectivity index (χ1v) is 19.3. The van der Waals surface area contributed by atoms with Gasteiger partial charge in [0.25, 0.3) is 0 Å². The van der Waals surface area contributed by atoms with Gasteiger partial charge in [-0.1, -0.05) is 164 Å². The molecule has 1 aliphatic carbocycles. The fourth-order valence-electron chi connectivity index (χ4n) is 9.18. The van der Waals surface area contributed by atoms with E-state index in [1.165, 1.54) is 49.7 Å². The molecule has 1 aliphatic rings. The minimum Gasteiger partial charge on any atom is -0.456 e. The van der Waals surface area contributed by atoms with E-state index < -0.39 is 0 Å². The Morgan fingerprint density at radius 1 is 0.393 bits per heavy atom. The Morgan fingerprint density at radius 3 is 1.64 bits per heavy atom. The molecular formula is C54H37NO. The molecule has 1 heterocycles. The third kappa shape index (κ3) is 4.96. The Bertz CT molecular complexity index is 3030. The van der Waals surface area contributed by atoms with Gasteiger partial charge in [-0.15, -0.1) is 0 Å². The van der Waals surface area contributed by atoms with Crippen LogP contribution in [0.4, 0.5) is 17.1 Å². The van der Waals surface area contributed by atoms with Crippen LogP contribution in [-0.2, 0) is 5.41 Å². The molecule has 0 amide bonds. The van der Waals surface area contributed by atoms with Gasteiger partial charge in [-0.3, -0.25) is 0 Å². The summed E-state index contributed by atoms with van der Waals surface area (Å²) < 4.78 is 6.86. The van der Waals surface area contributed by atoms with Crippen LogP contribution in [0.5, 0.6) is 0 Å². The van der Waals surface area contributed by atoms with Gasteiger partial charge in [0.15, 0.2) is 0 Å². The van der Waals surface area contributed by atoms with Gasteiger partial charge in [0.1, 0.15) is 11.2 Å². The van der Waals surface area contributed by atoms with Crippen molar-refractivity contribution in [3.8, 4) is 33.4 Å². The first-order valence-electron chi connectivity index (χ1n) is 19.3. The molecule has 0 N–H and O–H groups in total. The third-order valence-corrected chi connectivity index (χ3v) is 12.0. The highest BCUT2D eigenvalue weighted by Gasteiger charge is 2.42. The van der Waals surface area contributed by atoms with Crippen molar-refractivity contribution in [2.24, 2.45) is 0 Å². The van der Waals surface area contributed by atoms with Crippen LogP contribution in [0.2, 0.25) is 0 Å². The number of para-hydroxylation sites is 2. The lowest BCUT2D eigenvalue weighted by atomic mass is 9.74. The maximum atomic E-state index is 6.86. The third-order valence-electron chi connectivity index (χ3n) is 12.0. The highest BCUT2D eigenvalue weighted by Crippen LogP contribution is 2.54. The summed E-state index contributed by atoms with van der Waals surface area (Å²) in [5, 5.41) is 4.73. The van der Waals surface area contributed by atoms with Crippen molar-refractivity contribution in [2.45, 2.75) is 12.3 Å². The second kappa shape index (κ2) is 12.7. The molecule has 10 aromatic rings. The molecule has 56 heavy (non-hydrogen) atoms. The molecule has 2 heteroatoms. The Kier molecular flexibility index (Phi) is 7.33. The smallest absolute Gasteiger partial charge is 0.139 e. The Balaban J connectivity index is 0.924. The molecule has 0 saturated heterocycles. The SMILES string of the molecule is CC1(c2cccc3c2oc2cc(-c4ccc(-c5ccc(N(c6ccccc6)c6cccc7ccccc67)cc5)cc4)ccc23)c2ccccc2-c2ccccc21. The second-order valence-electron chi connectivity index (χ2n) is 15.0. The first-order chi connectivity index (χ1) is 27.6. The number of rotatable bonds is 6. The van der Waals surface area contributed by atoms with E-state index in [2.05, 4.69) is 218 Å². The molecular weight excluding hydrogens is 679 g/mol. The van der Waals surface area contributed by atoms with E-state index in [1.54, 1.807) is 0 Å². The van der Waals surface area contributed by atoms with E-state index in [1.807, 2.05) is 0 Å². The monoisotopic (exact) mass is 715 g/mol. The quantitative estimate of drug-likeness (QED) is 0.170.